The number of hydrogen-bond acceptors (Lipinski definition) is 5. The molecule has 6 heteroatoms. The molecule has 0 aliphatic carbocycles. The fourth-order valence-electron chi connectivity index (χ4n) is 5.59. The van der Waals surface area contributed by atoms with Crippen molar-refractivity contribution in [2.45, 2.75) is 38.5 Å². The average Bonchev–Trinajstić information content (AvgIpc) is 3.50. The van der Waals surface area contributed by atoms with Crippen LogP contribution in [0.25, 0.3) is 5.76 Å². The van der Waals surface area contributed by atoms with Crippen LogP contribution in [0.4, 0.5) is 0 Å². The van der Waals surface area contributed by atoms with Gasteiger partial charge >= 0.3 is 0 Å². The van der Waals surface area contributed by atoms with Crippen LogP contribution in [-0.4, -0.2) is 34.3 Å². The quantitative estimate of drug-likeness (QED) is 0.161. The van der Waals surface area contributed by atoms with Crippen molar-refractivity contribution in [3.63, 3.8) is 0 Å². The Hall–Kier alpha value is -4.84. The lowest BCUT2D eigenvalue weighted by Crippen LogP contribution is -2.31. The zero-order chi connectivity index (χ0) is 28.3. The van der Waals surface area contributed by atoms with Crippen LogP contribution in [0.5, 0.6) is 11.5 Å². The Bertz CT molecular complexity index is 1610. The van der Waals surface area contributed by atoms with Gasteiger partial charge in [-0.2, -0.15) is 0 Å². The number of benzene rings is 4. The molecule has 206 valence electrons. The Morgan fingerprint density at radius 1 is 0.902 bits per heavy atom. The maximum Gasteiger partial charge on any atom is 0.295 e. The first kappa shape index (κ1) is 26.4. The van der Waals surface area contributed by atoms with E-state index in [-0.39, 0.29) is 17.4 Å². The highest BCUT2D eigenvalue weighted by molar-refractivity contribution is 6.46. The van der Waals surface area contributed by atoms with Crippen molar-refractivity contribution in [2.75, 3.05) is 6.54 Å². The molecular formula is C35H31NO5. The summed E-state index contributed by atoms with van der Waals surface area (Å²) < 4.78 is 11.9. The number of rotatable bonds is 8. The smallest absolute Gasteiger partial charge is 0.295 e. The Kier molecular flexibility index (Phi) is 7.30. The summed E-state index contributed by atoms with van der Waals surface area (Å²) >= 11 is 0. The van der Waals surface area contributed by atoms with Gasteiger partial charge in [-0.15, -0.1) is 0 Å². The number of aliphatic hydroxyl groups excluding tert-OH is 1. The number of nitrogens with zero attached hydrogens (tertiary/aromatic N) is 1. The lowest BCUT2D eigenvalue weighted by molar-refractivity contribution is -0.139. The SMILES string of the molecule is C[C@H]1Cc2cc(/C(O)=C3\C(=O)C(=O)N(CCc4ccccc4)[C@@H]3c3cccc(OCc4ccccc4)c3)ccc2O1. The molecule has 4 aromatic rings. The Morgan fingerprint density at radius 3 is 2.39 bits per heavy atom. The van der Waals surface area contributed by atoms with Gasteiger partial charge in [-0.3, -0.25) is 9.59 Å². The Balaban J connectivity index is 1.38. The maximum atomic E-state index is 13.5. The monoisotopic (exact) mass is 545 g/mol. The van der Waals surface area contributed by atoms with E-state index in [1.807, 2.05) is 104 Å². The highest BCUT2D eigenvalue weighted by Crippen LogP contribution is 2.41. The lowest BCUT2D eigenvalue weighted by atomic mass is 9.94. The van der Waals surface area contributed by atoms with E-state index in [1.54, 1.807) is 11.0 Å². The van der Waals surface area contributed by atoms with Crippen molar-refractivity contribution in [1.29, 1.82) is 0 Å². The van der Waals surface area contributed by atoms with E-state index in [2.05, 4.69) is 0 Å². The van der Waals surface area contributed by atoms with Crippen molar-refractivity contribution in [2.24, 2.45) is 0 Å². The second-order valence-corrected chi connectivity index (χ2v) is 10.5. The van der Waals surface area contributed by atoms with Crippen LogP contribution in [0.1, 0.15) is 40.8 Å². The van der Waals surface area contributed by atoms with Crippen molar-refractivity contribution in [3.8, 4) is 11.5 Å². The van der Waals surface area contributed by atoms with E-state index in [9.17, 15) is 14.7 Å². The van der Waals surface area contributed by atoms with E-state index in [1.165, 1.54) is 0 Å². The van der Waals surface area contributed by atoms with Gasteiger partial charge in [0.2, 0.25) is 0 Å². The summed E-state index contributed by atoms with van der Waals surface area (Å²) in [6.45, 7) is 2.69. The summed E-state index contributed by atoms with van der Waals surface area (Å²) in [6.07, 6.45) is 1.33. The van der Waals surface area contributed by atoms with Crippen molar-refractivity contribution in [3.05, 3.63) is 137 Å². The van der Waals surface area contributed by atoms with Crippen LogP contribution in [0, 0.1) is 0 Å². The molecule has 6 nitrogen and oxygen atoms in total. The summed E-state index contributed by atoms with van der Waals surface area (Å²) in [6, 6.07) is 31.7. The number of likely N-dealkylation sites (tertiary alicyclic amines) is 1. The third-order valence-corrected chi connectivity index (χ3v) is 7.62. The third-order valence-electron chi connectivity index (χ3n) is 7.62. The molecule has 1 N–H and O–H groups in total. The molecule has 0 radical (unpaired) electrons. The van der Waals surface area contributed by atoms with Crippen molar-refractivity contribution < 1.29 is 24.2 Å². The second-order valence-electron chi connectivity index (χ2n) is 10.5. The highest BCUT2D eigenvalue weighted by Gasteiger charge is 2.46. The molecule has 0 saturated carbocycles. The van der Waals surface area contributed by atoms with Gasteiger partial charge < -0.3 is 19.5 Å². The molecule has 4 aromatic carbocycles. The summed E-state index contributed by atoms with van der Waals surface area (Å²) in [5.74, 6) is -0.114. The first-order valence-corrected chi connectivity index (χ1v) is 13.9. The number of ketones is 1. The molecule has 0 aromatic heterocycles. The molecule has 0 bridgehead atoms. The summed E-state index contributed by atoms with van der Waals surface area (Å²) in [7, 11) is 0. The molecule has 0 spiro atoms. The van der Waals surface area contributed by atoms with Crippen LogP contribution >= 0.6 is 0 Å². The minimum Gasteiger partial charge on any atom is -0.507 e. The van der Waals surface area contributed by atoms with Gasteiger partial charge in [0.15, 0.2) is 0 Å². The summed E-state index contributed by atoms with van der Waals surface area (Å²) in [5, 5.41) is 11.6. The molecule has 0 unspecified atom stereocenters. The van der Waals surface area contributed by atoms with E-state index in [0.29, 0.717) is 42.9 Å². The molecule has 2 heterocycles. The number of carbonyl (C=O) groups is 2. The normalized spacial score (nSPS) is 19.2. The Labute approximate surface area is 239 Å². The van der Waals surface area contributed by atoms with Gasteiger partial charge in [-0.05, 0) is 65.9 Å². The largest absolute Gasteiger partial charge is 0.507 e. The van der Waals surface area contributed by atoms with Gasteiger partial charge in [0.1, 0.15) is 30.0 Å². The van der Waals surface area contributed by atoms with Crippen LogP contribution in [0.2, 0.25) is 0 Å². The minimum absolute atomic E-state index is 0.0459. The topological polar surface area (TPSA) is 76.1 Å². The standard InChI is InChI=1S/C35H31NO5/c1-23-19-28-20-27(15-16-30(28)41-23)33(37)31-32(36(35(39)34(31)38)18-17-24-9-4-2-5-10-24)26-13-8-14-29(21-26)40-22-25-11-6-3-7-12-25/h2-16,20-21,23,32,37H,17-19,22H2,1H3/b33-31+/t23-,32+/m0/s1. The van der Waals surface area contributed by atoms with E-state index >= 15 is 0 Å². The molecule has 1 saturated heterocycles. The van der Waals surface area contributed by atoms with Crippen LogP contribution < -0.4 is 9.47 Å². The fraction of sp³-hybridized carbons (Fsp3) is 0.200. The number of Topliss-reactive ketones (excluding diaryl/α,β-unsaturated/α-hetero) is 1. The molecule has 1 fully saturated rings. The van der Waals surface area contributed by atoms with E-state index in [0.717, 1.165) is 22.4 Å². The number of hydrogen-bond donors (Lipinski definition) is 1. The zero-order valence-corrected chi connectivity index (χ0v) is 22.8. The Morgan fingerprint density at radius 2 is 1.63 bits per heavy atom. The predicted octanol–water partition coefficient (Wildman–Crippen LogP) is 6.25. The number of aliphatic hydroxyl groups is 1. The highest BCUT2D eigenvalue weighted by atomic mass is 16.5. The fourth-order valence-corrected chi connectivity index (χ4v) is 5.59. The lowest BCUT2D eigenvalue weighted by Gasteiger charge is -2.26. The first-order chi connectivity index (χ1) is 20.0. The third kappa shape index (κ3) is 5.46. The number of carbonyl (C=O) groups excluding carboxylic acids is 2. The van der Waals surface area contributed by atoms with Gasteiger partial charge in [0.05, 0.1) is 11.6 Å². The van der Waals surface area contributed by atoms with Crippen molar-refractivity contribution in [1.82, 2.24) is 4.90 Å². The average molecular weight is 546 g/mol. The molecule has 2 aliphatic rings. The van der Waals surface area contributed by atoms with Crippen LogP contribution in [0.15, 0.2) is 109 Å². The maximum absolute atomic E-state index is 13.5. The van der Waals surface area contributed by atoms with Gasteiger partial charge in [-0.25, -0.2) is 0 Å². The molecule has 41 heavy (non-hydrogen) atoms. The zero-order valence-electron chi connectivity index (χ0n) is 22.8. The van der Waals surface area contributed by atoms with Crippen molar-refractivity contribution >= 4 is 17.4 Å². The molecule has 6 rings (SSSR count). The van der Waals surface area contributed by atoms with Crippen LogP contribution in [0.3, 0.4) is 0 Å². The van der Waals surface area contributed by atoms with Gasteiger partial charge in [0, 0.05) is 18.5 Å². The second kappa shape index (κ2) is 11.3. The van der Waals surface area contributed by atoms with E-state index < -0.39 is 17.7 Å². The number of amides is 1. The summed E-state index contributed by atoms with van der Waals surface area (Å²) in [4.78, 5) is 28.6. The number of ether oxygens (including phenoxy) is 2. The molecular weight excluding hydrogens is 514 g/mol. The van der Waals surface area contributed by atoms with Crippen LogP contribution in [-0.2, 0) is 29.0 Å². The first-order valence-electron chi connectivity index (χ1n) is 13.9. The number of fused-ring (bicyclic) bond motifs is 1. The molecule has 2 aliphatic heterocycles. The van der Waals surface area contributed by atoms with Gasteiger partial charge in [0.25, 0.3) is 11.7 Å². The molecule has 1 amide bonds. The predicted molar refractivity (Wildman–Crippen MR) is 157 cm³/mol. The van der Waals surface area contributed by atoms with E-state index in [4.69, 9.17) is 9.47 Å². The minimum atomic E-state index is -0.762. The summed E-state index contributed by atoms with van der Waals surface area (Å²) in [5.41, 5.74) is 4.32. The molecule has 2 atom stereocenters. The van der Waals surface area contributed by atoms with Gasteiger partial charge in [-0.1, -0.05) is 72.8 Å².